The Balaban J connectivity index is 2.41. The number of carbonyl (C=O) groups excluding carboxylic acids is 1. The highest BCUT2D eigenvalue weighted by Gasteiger charge is 2.35. The number of fused-ring (bicyclic) bond motifs is 1. The Labute approximate surface area is 82.5 Å². The number of amides is 1. The minimum atomic E-state index is -4.59. The Bertz CT molecular complexity index is 416. The summed E-state index contributed by atoms with van der Waals surface area (Å²) in [6.07, 6.45) is -2.86. The first-order chi connectivity index (χ1) is 6.97. The molecule has 7 heteroatoms. The summed E-state index contributed by atoms with van der Waals surface area (Å²) in [6.45, 7) is 0. The molecule has 0 fully saturated rings. The zero-order valence-corrected chi connectivity index (χ0v) is 7.43. The number of aryl methyl sites for hydroxylation is 1. The van der Waals surface area contributed by atoms with E-state index in [1.54, 1.807) is 0 Å². The maximum Gasteiger partial charge on any atom is 0.451 e. The van der Waals surface area contributed by atoms with E-state index in [4.69, 9.17) is 0 Å². The monoisotopic (exact) mass is 217 g/mol. The normalized spacial score (nSPS) is 15.8. The van der Waals surface area contributed by atoms with Crippen molar-refractivity contribution in [1.29, 1.82) is 0 Å². The van der Waals surface area contributed by atoms with Crippen LogP contribution in [0.15, 0.2) is 6.20 Å². The molecule has 0 spiro atoms. The van der Waals surface area contributed by atoms with Crippen LogP contribution in [0.25, 0.3) is 0 Å². The van der Waals surface area contributed by atoms with Crippen LogP contribution in [0, 0.1) is 0 Å². The van der Waals surface area contributed by atoms with Gasteiger partial charge in [0.05, 0.1) is 0 Å². The minimum absolute atomic E-state index is 0.0337. The number of rotatable bonds is 0. The molecule has 1 aromatic heterocycles. The van der Waals surface area contributed by atoms with Crippen LogP contribution in [-0.4, -0.2) is 15.9 Å². The topological polar surface area (TPSA) is 54.9 Å². The lowest BCUT2D eigenvalue weighted by atomic mass is 10.1. The van der Waals surface area contributed by atoms with Gasteiger partial charge in [0.2, 0.25) is 11.7 Å². The summed E-state index contributed by atoms with van der Waals surface area (Å²) in [5.41, 5.74) is 0.530. The maximum absolute atomic E-state index is 12.2. The van der Waals surface area contributed by atoms with Crippen LogP contribution in [-0.2, 0) is 17.4 Å². The third kappa shape index (κ3) is 1.90. The summed E-state index contributed by atoms with van der Waals surface area (Å²) in [7, 11) is 0. The van der Waals surface area contributed by atoms with E-state index in [9.17, 15) is 18.0 Å². The first-order valence-electron chi connectivity index (χ1n) is 4.20. The fourth-order valence-corrected chi connectivity index (χ4v) is 1.28. The van der Waals surface area contributed by atoms with Crippen molar-refractivity contribution in [3.8, 4) is 0 Å². The van der Waals surface area contributed by atoms with Gasteiger partial charge in [-0.1, -0.05) is 0 Å². The Morgan fingerprint density at radius 1 is 1.33 bits per heavy atom. The summed E-state index contributed by atoms with van der Waals surface area (Å²) in [5, 5.41) is 2.28. The number of hydrogen-bond donors (Lipinski definition) is 1. The van der Waals surface area contributed by atoms with E-state index in [1.165, 1.54) is 0 Å². The van der Waals surface area contributed by atoms with E-state index in [0.717, 1.165) is 6.20 Å². The van der Waals surface area contributed by atoms with Crippen molar-refractivity contribution in [1.82, 2.24) is 9.97 Å². The Morgan fingerprint density at radius 3 is 2.73 bits per heavy atom. The van der Waals surface area contributed by atoms with Gasteiger partial charge in [0.15, 0.2) is 0 Å². The SMILES string of the molecule is O=C1CCc2cnc(C(F)(F)F)nc2N1. The van der Waals surface area contributed by atoms with Gasteiger partial charge in [-0.2, -0.15) is 13.2 Å². The van der Waals surface area contributed by atoms with Crippen molar-refractivity contribution < 1.29 is 18.0 Å². The first kappa shape index (κ1) is 9.88. The van der Waals surface area contributed by atoms with Gasteiger partial charge in [0, 0.05) is 18.2 Å². The van der Waals surface area contributed by atoms with Crippen LogP contribution in [0.1, 0.15) is 17.8 Å². The fraction of sp³-hybridized carbons (Fsp3) is 0.375. The molecule has 0 aromatic carbocycles. The van der Waals surface area contributed by atoms with E-state index < -0.39 is 12.0 Å². The van der Waals surface area contributed by atoms with Crippen LogP contribution in [0.3, 0.4) is 0 Å². The lowest BCUT2D eigenvalue weighted by Crippen LogP contribution is -2.22. The molecule has 80 valence electrons. The van der Waals surface area contributed by atoms with Crippen LogP contribution in [0.2, 0.25) is 0 Å². The van der Waals surface area contributed by atoms with Gasteiger partial charge >= 0.3 is 6.18 Å². The molecular formula is C8H6F3N3O. The second kappa shape index (κ2) is 3.18. The third-order valence-electron chi connectivity index (χ3n) is 2.00. The first-order valence-corrected chi connectivity index (χ1v) is 4.20. The van der Waals surface area contributed by atoms with E-state index in [-0.39, 0.29) is 18.1 Å². The Kier molecular flexibility index (Phi) is 2.09. The summed E-state index contributed by atoms with van der Waals surface area (Å²) in [5.74, 6) is -1.59. The van der Waals surface area contributed by atoms with Crippen LogP contribution in [0.4, 0.5) is 19.0 Å². The molecule has 1 aromatic rings. The predicted molar refractivity (Wildman–Crippen MR) is 44.0 cm³/mol. The maximum atomic E-state index is 12.2. The molecule has 0 unspecified atom stereocenters. The lowest BCUT2D eigenvalue weighted by Gasteiger charge is -2.16. The van der Waals surface area contributed by atoms with Crippen LogP contribution in [0.5, 0.6) is 0 Å². The molecule has 0 aliphatic carbocycles. The number of anilines is 1. The minimum Gasteiger partial charge on any atom is -0.310 e. The van der Waals surface area contributed by atoms with Crippen molar-refractivity contribution in [3.63, 3.8) is 0 Å². The van der Waals surface area contributed by atoms with Crippen molar-refractivity contribution in [2.45, 2.75) is 19.0 Å². The molecule has 15 heavy (non-hydrogen) atoms. The fourth-order valence-electron chi connectivity index (χ4n) is 1.28. The number of hydrogen-bond acceptors (Lipinski definition) is 3. The highest BCUT2D eigenvalue weighted by atomic mass is 19.4. The zero-order valence-electron chi connectivity index (χ0n) is 7.43. The quantitative estimate of drug-likeness (QED) is 0.714. The van der Waals surface area contributed by atoms with Crippen molar-refractivity contribution >= 4 is 11.7 Å². The van der Waals surface area contributed by atoms with Gasteiger partial charge in [0.1, 0.15) is 5.82 Å². The number of alkyl halides is 3. The smallest absolute Gasteiger partial charge is 0.310 e. The average Bonchev–Trinajstić information content (AvgIpc) is 2.15. The molecule has 1 aliphatic rings. The highest BCUT2D eigenvalue weighted by molar-refractivity contribution is 5.92. The molecule has 1 N–H and O–H groups in total. The summed E-state index contributed by atoms with van der Waals surface area (Å²) in [6, 6.07) is 0. The second-order valence-corrected chi connectivity index (χ2v) is 3.11. The standard InChI is InChI=1S/C8H6F3N3O/c9-8(10,11)7-12-3-4-1-2-5(15)13-6(4)14-7/h3H,1-2H2,(H,12,13,14,15). The number of nitrogens with zero attached hydrogens (tertiary/aromatic N) is 2. The molecule has 0 bridgehead atoms. The van der Waals surface area contributed by atoms with Gasteiger partial charge in [-0.05, 0) is 6.42 Å². The largest absolute Gasteiger partial charge is 0.451 e. The van der Waals surface area contributed by atoms with Gasteiger partial charge in [-0.15, -0.1) is 0 Å². The number of nitrogens with one attached hydrogen (secondary N) is 1. The summed E-state index contributed by atoms with van der Waals surface area (Å²) < 4.78 is 36.7. The molecule has 2 rings (SSSR count). The summed E-state index contributed by atoms with van der Waals surface area (Å²) >= 11 is 0. The Morgan fingerprint density at radius 2 is 2.07 bits per heavy atom. The number of aromatic nitrogens is 2. The van der Waals surface area contributed by atoms with Crippen molar-refractivity contribution in [2.24, 2.45) is 0 Å². The third-order valence-corrected chi connectivity index (χ3v) is 2.00. The molecule has 0 atom stereocenters. The zero-order chi connectivity index (χ0) is 11.1. The van der Waals surface area contributed by atoms with Gasteiger partial charge in [-0.25, -0.2) is 9.97 Å². The van der Waals surface area contributed by atoms with E-state index in [1.807, 2.05) is 0 Å². The second-order valence-electron chi connectivity index (χ2n) is 3.11. The molecule has 0 saturated carbocycles. The Hall–Kier alpha value is -1.66. The molecule has 0 saturated heterocycles. The van der Waals surface area contributed by atoms with E-state index in [0.29, 0.717) is 12.0 Å². The lowest BCUT2D eigenvalue weighted by molar-refractivity contribution is -0.145. The van der Waals surface area contributed by atoms with Crippen LogP contribution < -0.4 is 5.32 Å². The molecule has 2 heterocycles. The van der Waals surface area contributed by atoms with Gasteiger partial charge in [-0.3, -0.25) is 4.79 Å². The van der Waals surface area contributed by atoms with Gasteiger partial charge < -0.3 is 5.32 Å². The molecule has 1 amide bonds. The predicted octanol–water partition coefficient (Wildman–Crippen LogP) is 1.38. The van der Waals surface area contributed by atoms with Crippen molar-refractivity contribution in [3.05, 3.63) is 17.6 Å². The molecule has 1 aliphatic heterocycles. The molecule has 0 radical (unpaired) electrons. The van der Waals surface area contributed by atoms with Gasteiger partial charge in [0.25, 0.3) is 0 Å². The van der Waals surface area contributed by atoms with E-state index in [2.05, 4.69) is 15.3 Å². The summed E-state index contributed by atoms with van der Waals surface area (Å²) in [4.78, 5) is 17.4. The molecule has 4 nitrogen and oxygen atoms in total. The highest BCUT2D eigenvalue weighted by Crippen LogP contribution is 2.28. The van der Waals surface area contributed by atoms with Crippen LogP contribution >= 0.6 is 0 Å². The average molecular weight is 217 g/mol. The van der Waals surface area contributed by atoms with E-state index >= 15 is 0 Å². The van der Waals surface area contributed by atoms with Crippen molar-refractivity contribution in [2.75, 3.05) is 5.32 Å². The number of carbonyl (C=O) groups is 1. The number of halogens is 3. The molecular weight excluding hydrogens is 211 g/mol.